The highest BCUT2D eigenvalue weighted by Crippen LogP contribution is 2.27. The van der Waals surface area contributed by atoms with Gasteiger partial charge in [-0.1, -0.05) is 0 Å². The molecule has 1 rings (SSSR count). The lowest BCUT2D eigenvalue weighted by atomic mass is 10.2. The van der Waals surface area contributed by atoms with Crippen molar-refractivity contribution in [2.24, 2.45) is 0 Å². The molecule has 0 unspecified atom stereocenters. The number of carbonyl (C=O) groups is 2. The summed E-state index contributed by atoms with van der Waals surface area (Å²) in [5, 5.41) is 2.67. The van der Waals surface area contributed by atoms with E-state index in [0.717, 1.165) is 0 Å². The van der Waals surface area contributed by atoms with Crippen LogP contribution in [0.3, 0.4) is 0 Å². The third kappa shape index (κ3) is 6.36. The zero-order valence-electron chi connectivity index (χ0n) is 15.0. The highest BCUT2D eigenvalue weighted by Gasteiger charge is 2.16. The van der Waals surface area contributed by atoms with Crippen LogP contribution in [0, 0.1) is 0 Å². The number of ether oxygens (including phenoxy) is 2. The molecule has 0 radical (unpaired) electrons. The molecule has 0 bridgehead atoms. The number of hydrogen-bond acceptors (Lipinski definition) is 5. The number of nitrogens with one attached hydrogen (secondary N) is 1. The summed E-state index contributed by atoms with van der Waals surface area (Å²) in [5.74, 6) is 0.421. The van der Waals surface area contributed by atoms with Gasteiger partial charge in [-0.2, -0.15) is 0 Å². The van der Waals surface area contributed by atoms with Gasteiger partial charge in [-0.3, -0.25) is 4.79 Å². The lowest BCUT2D eigenvalue weighted by Gasteiger charge is -2.23. The molecule has 0 saturated carbocycles. The van der Waals surface area contributed by atoms with Crippen LogP contribution in [-0.2, 0) is 9.53 Å². The second-order valence-corrected chi connectivity index (χ2v) is 6.38. The van der Waals surface area contributed by atoms with Crippen LogP contribution in [0.4, 0.5) is 16.2 Å². The molecular formula is C17H27N3O4. The maximum atomic E-state index is 11.9. The summed E-state index contributed by atoms with van der Waals surface area (Å²) in [4.78, 5) is 25.1. The lowest BCUT2D eigenvalue weighted by molar-refractivity contribution is -0.116. The smallest absolute Gasteiger partial charge is 0.407 e. The van der Waals surface area contributed by atoms with E-state index in [1.165, 1.54) is 14.0 Å². The van der Waals surface area contributed by atoms with E-state index in [0.29, 0.717) is 36.6 Å². The third-order valence-corrected chi connectivity index (χ3v) is 3.14. The van der Waals surface area contributed by atoms with Crippen molar-refractivity contribution in [3.8, 4) is 5.75 Å². The molecule has 134 valence electrons. The van der Waals surface area contributed by atoms with Gasteiger partial charge in [0.05, 0.1) is 12.8 Å². The number of alkyl carbamates (subject to hydrolysis) is 1. The van der Waals surface area contributed by atoms with Crippen molar-refractivity contribution < 1.29 is 19.1 Å². The maximum absolute atomic E-state index is 11.9. The quantitative estimate of drug-likeness (QED) is 0.614. The van der Waals surface area contributed by atoms with E-state index in [-0.39, 0.29) is 5.91 Å². The van der Waals surface area contributed by atoms with Gasteiger partial charge in [0.25, 0.3) is 0 Å². The molecule has 0 aromatic heterocycles. The molecule has 3 N–H and O–H groups in total. The van der Waals surface area contributed by atoms with Crippen LogP contribution in [0.25, 0.3) is 0 Å². The van der Waals surface area contributed by atoms with Crippen LogP contribution in [0.1, 0.15) is 34.1 Å². The molecule has 0 saturated heterocycles. The van der Waals surface area contributed by atoms with Gasteiger partial charge in [0.1, 0.15) is 11.4 Å². The molecule has 7 nitrogen and oxygen atoms in total. The first-order chi connectivity index (χ1) is 11.1. The molecule has 0 aliphatic carbocycles. The van der Waals surface area contributed by atoms with Gasteiger partial charge in [0.2, 0.25) is 5.91 Å². The van der Waals surface area contributed by atoms with Crippen molar-refractivity contribution in [3.63, 3.8) is 0 Å². The van der Waals surface area contributed by atoms with E-state index in [4.69, 9.17) is 15.2 Å². The minimum atomic E-state index is -0.532. The average molecular weight is 337 g/mol. The molecule has 0 aliphatic heterocycles. The topological polar surface area (TPSA) is 93.9 Å². The van der Waals surface area contributed by atoms with E-state index in [2.05, 4.69) is 5.32 Å². The SMILES string of the molecule is COc1cc(N(CCCNC(=O)OC(C)(C)C)C(C)=O)ccc1N. The van der Waals surface area contributed by atoms with Crippen LogP contribution < -0.4 is 20.7 Å². The van der Waals surface area contributed by atoms with Crippen LogP contribution in [0.5, 0.6) is 5.75 Å². The first-order valence-electron chi connectivity index (χ1n) is 7.82. The standard InChI is InChI=1S/C17H27N3O4/c1-12(21)20(13-7-8-14(18)15(11-13)23-5)10-6-9-19-16(22)24-17(2,3)4/h7-8,11H,6,9-10,18H2,1-5H3,(H,19,22). The minimum Gasteiger partial charge on any atom is -0.495 e. The molecular weight excluding hydrogens is 310 g/mol. The van der Waals surface area contributed by atoms with Crippen LogP contribution >= 0.6 is 0 Å². The fraction of sp³-hybridized carbons (Fsp3) is 0.529. The number of nitrogen functional groups attached to an aromatic ring is 1. The maximum Gasteiger partial charge on any atom is 0.407 e. The summed E-state index contributed by atoms with van der Waals surface area (Å²) < 4.78 is 10.3. The van der Waals surface area contributed by atoms with Crippen molar-refractivity contribution in [1.82, 2.24) is 5.32 Å². The molecule has 7 heteroatoms. The van der Waals surface area contributed by atoms with Gasteiger partial charge in [-0.05, 0) is 39.3 Å². The summed E-state index contributed by atoms with van der Waals surface area (Å²) >= 11 is 0. The fourth-order valence-electron chi connectivity index (χ4n) is 2.08. The van der Waals surface area contributed by atoms with Gasteiger partial charge in [-0.25, -0.2) is 4.79 Å². The Hall–Kier alpha value is -2.44. The second kappa shape index (κ2) is 8.42. The van der Waals surface area contributed by atoms with Crippen molar-refractivity contribution in [2.75, 3.05) is 30.8 Å². The van der Waals surface area contributed by atoms with Crippen molar-refractivity contribution in [1.29, 1.82) is 0 Å². The number of hydrogen-bond donors (Lipinski definition) is 2. The van der Waals surface area contributed by atoms with E-state index in [9.17, 15) is 9.59 Å². The number of benzene rings is 1. The van der Waals surface area contributed by atoms with Crippen LogP contribution in [0.15, 0.2) is 18.2 Å². The van der Waals surface area contributed by atoms with Gasteiger partial charge in [-0.15, -0.1) is 0 Å². The molecule has 0 spiro atoms. The summed E-state index contributed by atoms with van der Waals surface area (Å²) in [6, 6.07) is 5.18. The summed E-state index contributed by atoms with van der Waals surface area (Å²) in [7, 11) is 1.53. The predicted octanol–water partition coefficient (Wildman–Crippen LogP) is 2.55. The minimum absolute atomic E-state index is 0.0981. The number of anilines is 2. The summed E-state index contributed by atoms with van der Waals surface area (Å²) in [6.45, 7) is 7.77. The Morgan fingerprint density at radius 1 is 1.29 bits per heavy atom. The highest BCUT2D eigenvalue weighted by molar-refractivity contribution is 5.92. The van der Waals surface area contributed by atoms with Gasteiger partial charge in [0.15, 0.2) is 0 Å². The molecule has 2 amide bonds. The molecule has 1 aromatic rings. The van der Waals surface area contributed by atoms with Gasteiger partial charge >= 0.3 is 6.09 Å². The summed E-state index contributed by atoms with van der Waals surface area (Å²) in [5.41, 5.74) is 6.47. The first kappa shape index (κ1) is 19.6. The van der Waals surface area contributed by atoms with E-state index >= 15 is 0 Å². The summed E-state index contributed by atoms with van der Waals surface area (Å²) in [6.07, 6.45) is 0.122. The van der Waals surface area contributed by atoms with Gasteiger partial charge in [0, 0.05) is 31.8 Å². The Kier molecular flexibility index (Phi) is 6.88. The third-order valence-electron chi connectivity index (χ3n) is 3.14. The van der Waals surface area contributed by atoms with Crippen LogP contribution in [-0.4, -0.2) is 37.8 Å². The number of rotatable bonds is 6. The number of carbonyl (C=O) groups excluding carboxylic acids is 2. The molecule has 0 fully saturated rings. The second-order valence-electron chi connectivity index (χ2n) is 6.38. The highest BCUT2D eigenvalue weighted by atomic mass is 16.6. The molecule has 0 atom stereocenters. The molecule has 0 heterocycles. The monoisotopic (exact) mass is 337 g/mol. The molecule has 1 aromatic carbocycles. The van der Waals surface area contributed by atoms with Crippen LogP contribution in [0.2, 0.25) is 0 Å². The Morgan fingerprint density at radius 3 is 2.50 bits per heavy atom. The number of methoxy groups -OCH3 is 1. The molecule has 24 heavy (non-hydrogen) atoms. The molecule has 0 aliphatic rings. The average Bonchev–Trinajstić information content (AvgIpc) is 2.46. The fourth-order valence-corrected chi connectivity index (χ4v) is 2.08. The zero-order valence-corrected chi connectivity index (χ0v) is 15.0. The Bertz CT molecular complexity index is 582. The zero-order chi connectivity index (χ0) is 18.3. The largest absolute Gasteiger partial charge is 0.495 e. The normalized spacial score (nSPS) is 10.9. The van der Waals surface area contributed by atoms with Crippen molar-refractivity contribution >= 4 is 23.4 Å². The van der Waals surface area contributed by atoms with E-state index < -0.39 is 11.7 Å². The predicted molar refractivity (Wildman–Crippen MR) is 94.3 cm³/mol. The Balaban J connectivity index is 2.59. The lowest BCUT2D eigenvalue weighted by Crippen LogP contribution is -2.35. The van der Waals surface area contributed by atoms with E-state index in [1.54, 1.807) is 43.9 Å². The Morgan fingerprint density at radius 2 is 1.96 bits per heavy atom. The van der Waals surface area contributed by atoms with Crippen molar-refractivity contribution in [2.45, 2.75) is 39.7 Å². The number of nitrogens with zero attached hydrogens (tertiary/aromatic N) is 1. The first-order valence-corrected chi connectivity index (χ1v) is 7.82. The van der Waals surface area contributed by atoms with Crippen molar-refractivity contribution in [3.05, 3.63) is 18.2 Å². The number of nitrogens with two attached hydrogens (primary N) is 1. The Labute approximate surface area is 143 Å². The van der Waals surface area contributed by atoms with Gasteiger partial charge < -0.3 is 25.4 Å². The van der Waals surface area contributed by atoms with E-state index in [1.807, 2.05) is 0 Å². The number of amides is 2.